The second-order valence-electron chi connectivity index (χ2n) is 7.22. The van der Waals surface area contributed by atoms with E-state index in [1.165, 1.54) is 0 Å². The topological polar surface area (TPSA) is 75.4 Å². The second-order valence-corrected chi connectivity index (χ2v) is 7.22. The van der Waals surface area contributed by atoms with Crippen LogP contribution in [-0.4, -0.2) is 42.4 Å². The number of carbonyl (C=O) groups is 2. The summed E-state index contributed by atoms with van der Waals surface area (Å²) in [6.45, 7) is 7.68. The van der Waals surface area contributed by atoms with E-state index in [0.717, 1.165) is 25.9 Å². The molecule has 3 atom stereocenters. The highest BCUT2D eigenvalue weighted by Gasteiger charge is 2.42. The van der Waals surface area contributed by atoms with Gasteiger partial charge in [0.2, 0.25) is 11.8 Å². The van der Waals surface area contributed by atoms with Crippen LogP contribution in [-0.2, 0) is 9.59 Å². The molecular weight excluding hydrogens is 254 g/mol. The van der Waals surface area contributed by atoms with E-state index in [0.29, 0.717) is 24.8 Å². The molecule has 1 saturated carbocycles. The van der Waals surface area contributed by atoms with Gasteiger partial charge in [0.05, 0.1) is 0 Å². The summed E-state index contributed by atoms with van der Waals surface area (Å²) >= 11 is 0. The Hall–Kier alpha value is -1.10. The Balaban J connectivity index is 1.73. The van der Waals surface area contributed by atoms with Crippen molar-refractivity contribution in [2.24, 2.45) is 23.0 Å². The number of amides is 2. The normalized spacial score (nSPS) is 29.4. The van der Waals surface area contributed by atoms with Gasteiger partial charge in [0.1, 0.15) is 0 Å². The molecular formula is C15H27N3O2. The number of fused-ring (bicyclic) bond motifs is 1. The van der Waals surface area contributed by atoms with Crippen LogP contribution in [0.2, 0.25) is 0 Å². The zero-order valence-corrected chi connectivity index (χ0v) is 12.8. The van der Waals surface area contributed by atoms with Crippen LogP contribution >= 0.6 is 0 Å². The molecule has 5 nitrogen and oxygen atoms in total. The number of hydrogen-bond acceptors (Lipinski definition) is 3. The first-order valence-corrected chi connectivity index (χ1v) is 7.60. The first-order chi connectivity index (χ1) is 9.29. The van der Waals surface area contributed by atoms with Crippen molar-refractivity contribution in [3.63, 3.8) is 0 Å². The van der Waals surface area contributed by atoms with Crippen LogP contribution in [0.1, 0.15) is 40.0 Å². The van der Waals surface area contributed by atoms with E-state index in [4.69, 9.17) is 5.73 Å². The quantitative estimate of drug-likeness (QED) is 0.801. The lowest BCUT2D eigenvalue weighted by Gasteiger charge is -2.20. The number of hydrogen-bond donors (Lipinski definition) is 2. The van der Waals surface area contributed by atoms with Crippen LogP contribution in [0.15, 0.2) is 0 Å². The summed E-state index contributed by atoms with van der Waals surface area (Å²) < 4.78 is 0. The summed E-state index contributed by atoms with van der Waals surface area (Å²) in [7, 11) is 0. The first-order valence-electron chi connectivity index (χ1n) is 7.60. The molecule has 0 radical (unpaired) electrons. The minimum absolute atomic E-state index is 0.00869. The number of nitrogens with two attached hydrogens (primary N) is 1. The molecule has 3 unspecified atom stereocenters. The minimum Gasteiger partial charge on any atom is -0.355 e. The number of rotatable bonds is 3. The Morgan fingerprint density at radius 2 is 1.95 bits per heavy atom. The Kier molecular flexibility index (Phi) is 4.37. The molecule has 5 heteroatoms. The molecule has 20 heavy (non-hydrogen) atoms. The van der Waals surface area contributed by atoms with Gasteiger partial charge in [-0.3, -0.25) is 9.59 Å². The molecule has 3 N–H and O–H groups in total. The number of likely N-dealkylation sites (tertiary alicyclic amines) is 1. The van der Waals surface area contributed by atoms with Crippen LogP contribution in [0.4, 0.5) is 0 Å². The van der Waals surface area contributed by atoms with Crippen molar-refractivity contribution in [1.82, 2.24) is 10.2 Å². The number of nitrogens with one attached hydrogen (secondary N) is 1. The van der Waals surface area contributed by atoms with E-state index in [2.05, 4.69) is 5.32 Å². The highest BCUT2D eigenvalue weighted by atomic mass is 16.2. The maximum Gasteiger partial charge on any atom is 0.225 e. The zero-order chi connectivity index (χ0) is 14.9. The molecule has 1 aliphatic carbocycles. The van der Waals surface area contributed by atoms with Crippen molar-refractivity contribution in [3.05, 3.63) is 0 Å². The standard InChI is InChI=1S/C15H27N3O2/c1-15(2,3)14(20)17-7-6-13(19)18-8-10-4-5-12(16)11(10)9-18/h10-12H,4-9,16H2,1-3H3,(H,17,20). The Bertz CT molecular complexity index is 389. The van der Waals surface area contributed by atoms with E-state index in [1.807, 2.05) is 25.7 Å². The lowest BCUT2D eigenvalue weighted by molar-refractivity contribution is -0.131. The van der Waals surface area contributed by atoms with Gasteiger partial charge in [0.15, 0.2) is 0 Å². The van der Waals surface area contributed by atoms with E-state index < -0.39 is 5.41 Å². The van der Waals surface area contributed by atoms with E-state index >= 15 is 0 Å². The van der Waals surface area contributed by atoms with Crippen LogP contribution in [0.3, 0.4) is 0 Å². The number of carbonyl (C=O) groups excluding carboxylic acids is 2. The third-order valence-corrected chi connectivity index (χ3v) is 4.57. The van der Waals surface area contributed by atoms with Gasteiger partial charge >= 0.3 is 0 Å². The molecule has 0 aromatic rings. The molecule has 2 fully saturated rings. The summed E-state index contributed by atoms with van der Waals surface area (Å²) in [5.41, 5.74) is 5.67. The van der Waals surface area contributed by atoms with Crippen molar-refractivity contribution >= 4 is 11.8 Å². The van der Waals surface area contributed by atoms with Gasteiger partial charge in [-0.25, -0.2) is 0 Å². The molecule has 0 spiro atoms. The van der Waals surface area contributed by atoms with Crippen molar-refractivity contribution in [3.8, 4) is 0 Å². The highest BCUT2D eigenvalue weighted by molar-refractivity contribution is 5.82. The molecule has 2 amide bonds. The van der Waals surface area contributed by atoms with Gasteiger partial charge in [-0.15, -0.1) is 0 Å². The fourth-order valence-corrected chi connectivity index (χ4v) is 3.22. The Labute approximate surface area is 121 Å². The molecule has 0 aromatic heterocycles. The third kappa shape index (κ3) is 3.32. The summed E-state index contributed by atoms with van der Waals surface area (Å²) in [5, 5.41) is 2.83. The van der Waals surface area contributed by atoms with Crippen LogP contribution < -0.4 is 11.1 Å². The minimum atomic E-state index is -0.402. The van der Waals surface area contributed by atoms with E-state index in [-0.39, 0.29) is 17.9 Å². The van der Waals surface area contributed by atoms with Gasteiger partial charge in [-0.05, 0) is 24.7 Å². The molecule has 2 rings (SSSR count). The van der Waals surface area contributed by atoms with Gasteiger partial charge in [0.25, 0.3) is 0 Å². The van der Waals surface area contributed by atoms with Gasteiger partial charge < -0.3 is 16.0 Å². The summed E-state index contributed by atoms with van der Waals surface area (Å²) in [6.07, 6.45) is 2.63. The van der Waals surface area contributed by atoms with Crippen molar-refractivity contribution in [1.29, 1.82) is 0 Å². The average Bonchev–Trinajstić information content (AvgIpc) is 2.90. The number of nitrogens with zero attached hydrogens (tertiary/aromatic N) is 1. The Morgan fingerprint density at radius 1 is 1.25 bits per heavy atom. The fourth-order valence-electron chi connectivity index (χ4n) is 3.22. The molecule has 1 saturated heterocycles. The largest absolute Gasteiger partial charge is 0.355 e. The highest BCUT2D eigenvalue weighted by Crippen LogP contribution is 2.37. The monoisotopic (exact) mass is 281 g/mol. The first kappa shape index (κ1) is 15.3. The smallest absolute Gasteiger partial charge is 0.225 e. The van der Waals surface area contributed by atoms with Crippen molar-refractivity contribution in [2.75, 3.05) is 19.6 Å². The summed E-state index contributed by atoms with van der Waals surface area (Å²) in [5.74, 6) is 1.22. The predicted octanol–water partition coefficient (Wildman–Crippen LogP) is 0.735. The predicted molar refractivity (Wildman–Crippen MR) is 77.9 cm³/mol. The van der Waals surface area contributed by atoms with Crippen LogP contribution in [0, 0.1) is 17.3 Å². The van der Waals surface area contributed by atoms with Crippen molar-refractivity contribution in [2.45, 2.75) is 46.1 Å². The van der Waals surface area contributed by atoms with Gasteiger partial charge in [-0.2, -0.15) is 0 Å². The van der Waals surface area contributed by atoms with E-state index in [9.17, 15) is 9.59 Å². The lowest BCUT2D eigenvalue weighted by atomic mass is 9.96. The van der Waals surface area contributed by atoms with Crippen LogP contribution in [0.5, 0.6) is 0 Å². The maximum atomic E-state index is 12.1. The SMILES string of the molecule is CC(C)(C)C(=O)NCCC(=O)N1CC2CCC(N)C2C1. The average molecular weight is 281 g/mol. The molecule has 2 aliphatic rings. The van der Waals surface area contributed by atoms with E-state index in [1.54, 1.807) is 0 Å². The van der Waals surface area contributed by atoms with Gasteiger partial charge in [-0.1, -0.05) is 20.8 Å². The zero-order valence-electron chi connectivity index (χ0n) is 12.8. The van der Waals surface area contributed by atoms with Crippen molar-refractivity contribution < 1.29 is 9.59 Å². The van der Waals surface area contributed by atoms with Gasteiger partial charge in [0, 0.05) is 37.5 Å². The molecule has 0 bridgehead atoms. The fraction of sp³-hybridized carbons (Fsp3) is 0.867. The lowest BCUT2D eigenvalue weighted by Crippen LogP contribution is -2.38. The molecule has 114 valence electrons. The summed E-state index contributed by atoms with van der Waals surface area (Å²) in [6, 6.07) is 0.262. The Morgan fingerprint density at radius 3 is 2.55 bits per heavy atom. The third-order valence-electron chi connectivity index (χ3n) is 4.57. The molecule has 0 aromatic carbocycles. The second kappa shape index (κ2) is 5.72. The molecule has 1 aliphatic heterocycles. The summed E-state index contributed by atoms with van der Waals surface area (Å²) in [4.78, 5) is 25.8. The molecule has 1 heterocycles. The van der Waals surface area contributed by atoms with Crippen LogP contribution in [0.25, 0.3) is 0 Å². The maximum absolute atomic E-state index is 12.1.